The predicted octanol–water partition coefficient (Wildman–Crippen LogP) is -0.335. The molecular formula is C85H129FN20O15. The minimum absolute atomic E-state index is 0.0277. The number of halogens is 1. The molecule has 3 heterocycles. The number of carbonyl (C=O) groups is 13. The minimum Gasteiger partial charge on any atom is -0.391 e. The lowest BCUT2D eigenvalue weighted by Crippen LogP contribution is -2.62. The number of nitrogens with zero attached hydrogens (tertiary/aromatic N) is 2. The Morgan fingerprint density at radius 1 is 0.612 bits per heavy atom. The lowest BCUT2D eigenvalue weighted by atomic mass is 9.98. The molecule has 0 aliphatic carbocycles. The number of hydrogen-bond donors (Lipinski definition) is 20. The Labute approximate surface area is 707 Å². The van der Waals surface area contributed by atoms with Crippen LogP contribution >= 0.6 is 0 Å². The number of anilines is 1. The Balaban J connectivity index is 1.31. The van der Waals surface area contributed by atoms with Crippen LogP contribution in [0, 0.1) is 31.5 Å². The molecule has 25 N–H and O–H groups in total. The molecule has 1 saturated heterocycles. The van der Waals surface area contributed by atoms with Crippen LogP contribution < -0.4 is 97.4 Å². The van der Waals surface area contributed by atoms with Crippen LogP contribution in [-0.4, -0.2) is 235 Å². The van der Waals surface area contributed by atoms with Crippen LogP contribution in [-0.2, 0) is 70.5 Å². The number of aliphatic hydroxyl groups is 2. The van der Waals surface area contributed by atoms with Gasteiger partial charge in [-0.25, -0.2) is 4.39 Å². The maximum Gasteiger partial charge on any atom is 0.259 e. The highest BCUT2D eigenvalue weighted by Crippen LogP contribution is 2.40. The van der Waals surface area contributed by atoms with Crippen molar-refractivity contribution in [3.8, 4) is 11.1 Å². The van der Waals surface area contributed by atoms with Gasteiger partial charge in [0.05, 0.1) is 35.6 Å². The maximum atomic E-state index is 15.1. The normalized spacial score (nSPS) is 20.4. The minimum atomic E-state index is -1.75. The van der Waals surface area contributed by atoms with Crippen LogP contribution in [0.1, 0.15) is 176 Å². The van der Waals surface area contributed by atoms with Crippen molar-refractivity contribution in [1.29, 1.82) is 0 Å². The predicted molar refractivity (Wildman–Crippen MR) is 457 cm³/mol. The standard InChI is InChI=1S/C85H129FN20O15/c1-11-48(6)16-14-15-17-70(109)95-60(28-34-87)78(114)104-73(52(10)108)84(120)100-63(31-37-90)75(111)99-65-33-39-92-83(119)72(51(9)107)103-79(115)64(32-38-91)97-74(110)61(29-35-88)98-80(116)67(42-47(4)5)101-81(117)68(102-76(112)62(30-36-89)96-77(65)113)43-53-18-22-55(23-19-53)56-24-20-54(21-25-56)46-106-69-27-26-57(86)44-58(69)59(85(106)121)45-66-49(7)71(50(8)94-66)82(118)93-40-41-105(12-2)13-3/h18-27,44-45,47-48,51-52,60-65,67-68,72-73,94,107-108H,11-17,28-43,46,87-91H2,1-10H3,(H,92,119)(H,93,118)(H,95,109)(H,96,113)(H,97,110)(H,98,116)(H,99,111)(H,100,120)(H,101,117)(H,102,112)(H,103,115)(H,104,114)/b59-45-/t48?,51-,52-,60+,61+,62?,63+,64+,65+,67+,68?,72+,73+/m1/s1. The largest absolute Gasteiger partial charge is 0.391 e. The van der Waals surface area contributed by atoms with E-state index < -0.39 is 156 Å². The second-order valence-electron chi connectivity index (χ2n) is 31.5. The Kier molecular flexibility index (Phi) is 40.5. The van der Waals surface area contributed by atoms with E-state index in [1.807, 2.05) is 24.3 Å². The number of likely N-dealkylation sites (N-methyl/N-ethyl adjacent to an activating group) is 1. The highest BCUT2D eigenvalue weighted by atomic mass is 19.1. The zero-order valence-electron chi connectivity index (χ0n) is 71.3. The molecule has 2 aliphatic rings. The molecule has 2 aliphatic heterocycles. The van der Waals surface area contributed by atoms with Gasteiger partial charge in [0.1, 0.15) is 66.2 Å². The van der Waals surface area contributed by atoms with Crippen LogP contribution in [0.15, 0.2) is 66.7 Å². The number of nitrogens with two attached hydrogens (primary N) is 5. The summed E-state index contributed by atoms with van der Waals surface area (Å²) in [5.41, 5.74) is 35.8. The summed E-state index contributed by atoms with van der Waals surface area (Å²) in [5.74, 6) is -11.2. The molecule has 0 spiro atoms. The molecule has 666 valence electrons. The van der Waals surface area contributed by atoms with Crippen molar-refractivity contribution in [2.45, 2.75) is 232 Å². The van der Waals surface area contributed by atoms with Gasteiger partial charge in [-0.3, -0.25) is 62.3 Å². The van der Waals surface area contributed by atoms with Gasteiger partial charge in [-0.2, -0.15) is 0 Å². The Morgan fingerprint density at radius 3 is 1.69 bits per heavy atom. The molecule has 6 rings (SSSR count). The van der Waals surface area contributed by atoms with Crippen molar-refractivity contribution < 1.29 is 76.9 Å². The van der Waals surface area contributed by atoms with Crippen molar-refractivity contribution in [2.24, 2.45) is 40.5 Å². The molecule has 36 heteroatoms. The first-order valence-corrected chi connectivity index (χ1v) is 42.0. The molecule has 3 unspecified atom stereocenters. The summed E-state index contributed by atoms with van der Waals surface area (Å²) < 4.78 is 15.1. The second kappa shape index (κ2) is 49.3. The van der Waals surface area contributed by atoms with Gasteiger partial charge < -0.3 is 117 Å². The van der Waals surface area contributed by atoms with E-state index in [2.05, 4.69) is 101 Å². The second-order valence-corrected chi connectivity index (χ2v) is 31.5. The number of fused-ring (bicyclic) bond motifs is 1. The van der Waals surface area contributed by atoms with E-state index in [9.17, 15) is 63.0 Å². The summed E-state index contributed by atoms with van der Waals surface area (Å²) in [7, 11) is 0. The quantitative estimate of drug-likeness (QED) is 0.0201. The van der Waals surface area contributed by atoms with Crippen molar-refractivity contribution in [1.82, 2.24) is 73.7 Å². The van der Waals surface area contributed by atoms with Crippen LogP contribution in [0.3, 0.4) is 0 Å². The number of aliphatic hydroxyl groups excluding tert-OH is 2. The first-order valence-electron chi connectivity index (χ1n) is 42.0. The molecule has 0 saturated carbocycles. The fourth-order valence-electron chi connectivity index (χ4n) is 14.3. The Morgan fingerprint density at radius 2 is 1.15 bits per heavy atom. The molecule has 3 aromatic carbocycles. The number of hydrogen-bond acceptors (Lipinski definition) is 21. The molecule has 35 nitrogen and oxygen atoms in total. The summed E-state index contributed by atoms with van der Waals surface area (Å²) in [6.45, 7) is 19.2. The van der Waals surface area contributed by atoms with Crippen LogP contribution in [0.4, 0.5) is 10.1 Å². The molecule has 0 bridgehead atoms. The number of unbranched alkanes of at least 4 members (excludes halogenated alkanes) is 1. The summed E-state index contributed by atoms with van der Waals surface area (Å²) in [6, 6.07) is 2.92. The van der Waals surface area contributed by atoms with E-state index >= 15 is 14.0 Å². The van der Waals surface area contributed by atoms with Crippen LogP contribution in [0.25, 0.3) is 22.8 Å². The summed E-state index contributed by atoms with van der Waals surface area (Å²) in [6.07, 6.45) is -0.103. The Hall–Kier alpha value is -10.6. The monoisotopic (exact) mass is 1690 g/mol. The van der Waals surface area contributed by atoms with Gasteiger partial charge in [0.2, 0.25) is 65.0 Å². The van der Waals surface area contributed by atoms with E-state index in [1.165, 1.54) is 26.0 Å². The topological polar surface area (TPSA) is 559 Å². The molecule has 4 aromatic rings. The van der Waals surface area contributed by atoms with Crippen molar-refractivity contribution >= 4 is 94.1 Å². The third-order valence-electron chi connectivity index (χ3n) is 21.6. The first kappa shape index (κ1) is 99.2. The van der Waals surface area contributed by atoms with Crippen molar-refractivity contribution in [3.05, 3.63) is 112 Å². The third-order valence-corrected chi connectivity index (χ3v) is 21.6. The van der Waals surface area contributed by atoms with Gasteiger partial charge in [-0.15, -0.1) is 0 Å². The van der Waals surface area contributed by atoms with Gasteiger partial charge >= 0.3 is 0 Å². The number of nitrogens with one attached hydrogen (secondary N) is 13. The maximum absolute atomic E-state index is 15.1. The smallest absolute Gasteiger partial charge is 0.259 e. The van der Waals surface area contributed by atoms with Gasteiger partial charge in [0.15, 0.2) is 0 Å². The van der Waals surface area contributed by atoms with Gasteiger partial charge in [-0.05, 0) is 189 Å². The highest BCUT2D eigenvalue weighted by molar-refractivity contribution is 6.35. The SMILES string of the molecule is CCC(C)CCCCC(=O)N[C@@H](CCN)C(=O)N[C@H](C(=O)N[C@@H](CCN)C(=O)N[C@H]1CCNC(=O)[C@H]([C@@H](C)O)NC(=O)[C@H](CCN)NC(=O)[C@H](CCN)NC(=O)[C@H](CC(C)C)NC(=O)C(Cc2ccc(-c3ccc(CN4C(=O)/C(=C\c5[nH]c(C)c(C(=O)NCCN(CC)CC)c5C)c5cc(F)ccc54)cc3)cc2)NC(=O)C(CCN)NC1=O)[C@@H](C)O. The number of H-pyrrole nitrogens is 1. The molecular weight excluding hydrogens is 1560 g/mol. The summed E-state index contributed by atoms with van der Waals surface area (Å²) >= 11 is 0. The molecule has 13 amide bonds. The zero-order valence-corrected chi connectivity index (χ0v) is 71.3. The number of carbonyl (C=O) groups excluding carboxylic acids is 13. The zero-order chi connectivity index (χ0) is 89.3. The molecule has 1 aromatic heterocycles. The molecule has 13 atom stereocenters. The van der Waals surface area contributed by atoms with Crippen molar-refractivity contribution in [3.63, 3.8) is 0 Å². The molecule has 121 heavy (non-hydrogen) atoms. The number of aromatic amines is 1. The average Bonchev–Trinajstić information content (AvgIpc) is 1.61. The fourth-order valence-corrected chi connectivity index (χ4v) is 14.3. The summed E-state index contributed by atoms with van der Waals surface area (Å²) in [5, 5.41) is 53.3. The number of amides is 13. The summed E-state index contributed by atoms with van der Waals surface area (Å²) in [4.78, 5) is 193. The molecule has 1 fully saturated rings. The van der Waals surface area contributed by atoms with Gasteiger partial charge in [-0.1, -0.05) is 109 Å². The number of aryl methyl sites for hydroxylation is 1. The average molecular weight is 1690 g/mol. The Bertz CT molecular complexity index is 4210. The lowest BCUT2D eigenvalue weighted by molar-refractivity contribution is -0.137. The van der Waals surface area contributed by atoms with Crippen LogP contribution in [0.2, 0.25) is 0 Å². The van der Waals surface area contributed by atoms with Gasteiger partial charge in [0, 0.05) is 49.4 Å². The van der Waals surface area contributed by atoms with Gasteiger partial charge in [0.25, 0.3) is 11.8 Å². The van der Waals surface area contributed by atoms with E-state index in [4.69, 9.17) is 28.7 Å². The first-order chi connectivity index (χ1) is 57.6. The molecule has 0 radical (unpaired) electrons. The lowest BCUT2D eigenvalue weighted by Gasteiger charge is -2.29. The fraction of sp³-hybridized carbons (Fsp3) is 0.565. The van der Waals surface area contributed by atoms with E-state index in [1.54, 1.807) is 69.0 Å². The van der Waals surface area contributed by atoms with E-state index in [-0.39, 0.29) is 114 Å². The van der Waals surface area contributed by atoms with Crippen LogP contribution in [0.5, 0.6) is 0 Å². The number of benzene rings is 3. The van der Waals surface area contributed by atoms with E-state index in [0.717, 1.165) is 43.5 Å². The third kappa shape index (κ3) is 29.6. The number of rotatable bonds is 39. The van der Waals surface area contributed by atoms with E-state index in [0.29, 0.717) is 70.3 Å². The van der Waals surface area contributed by atoms with Crippen molar-refractivity contribution in [2.75, 3.05) is 70.3 Å². The number of aromatic nitrogens is 1. The highest BCUT2D eigenvalue weighted by Gasteiger charge is 2.40.